The highest BCUT2D eigenvalue weighted by atomic mass is 16.5. The Balaban J connectivity index is 2.17. The predicted molar refractivity (Wildman–Crippen MR) is 68.3 cm³/mol. The van der Waals surface area contributed by atoms with Gasteiger partial charge in [0.1, 0.15) is 6.54 Å². The highest BCUT2D eigenvalue weighted by Gasteiger charge is 2.16. The molecule has 96 valence electrons. The monoisotopic (exact) mass is 249 g/mol. The zero-order valence-electron chi connectivity index (χ0n) is 10.1. The molecule has 0 aromatic heterocycles. The van der Waals surface area contributed by atoms with Crippen LogP contribution >= 0.6 is 0 Å². The molecule has 0 fully saturated rings. The quantitative estimate of drug-likeness (QED) is 0.542. The molecular weight excluding hydrogens is 234 g/mol. The molecule has 1 heterocycles. The van der Waals surface area contributed by atoms with Crippen LogP contribution in [0.1, 0.15) is 12.0 Å². The third kappa shape index (κ3) is 2.53. The van der Waals surface area contributed by atoms with Crippen molar-refractivity contribution in [1.29, 1.82) is 0 Å². The Labute approximate surface area is 104 Å². The topological polar surface area (TPSA) is 93.4 Å². The summed E-state index contributed by atoms with van der Waals surface area (Å²) < 4.78 is 4.54. The minimum absolute atomic E-state index is 0.00262. The van der Waals surface area contributed by atoms with Crippen LogP contribution in [0.3, 0.4) is 0 Å². The van der Waals surface area contributed by atoms with Gasteiger partial charge in [0, 0.05) is 12.1 Å². The van der Waals surface area contributed by atoms with Crippen LogP contribution in [0.25, 0.3) is 0 Å². The van der Waals surface area contributed by atoms with Crippen LogP contribution in [0.4, 0.5) is 17.1 Å². The zero-order valence-corrected chi connectivity index (χ0v) is 10.1. The molecule has 0 aliphatic carbocycles. The van der Waals surface area contributed by atoms with Gasteiger partial charge in [-0.2, -0.15) is 0 Å². The number of esters is 1. The van der Waals surface area contributed by atoms with Gasteiger partial charge in [0.05, 0.1) is 18.5 Å². The number of nitrogens with one attached hydrogen (secondary N) is 2. The second-order valence-electron chi connectivity index (χ2n) is 4.07. The van der Waals surface area contributed by atoms with Crippen LogP contribution in [-0.2, 0) is 20.7 Å². The summed E-state index contributed by atoms with van der Waals surface area (Å²) in [5.74, 6) is -0.363. The maximum Gasteiger partial charge on any atom is 0.325 e. The minimum Gasteiger partial charge on any atom is -0.468 e. The molecule has 2 rings (SSSR count). The molecule has 0 unspecified atom stereocenters. The Bertz CT molecular complexity index is 500. The van der Waals surface area contributed by atoms with Gasteiger partial charge in [0.15, 0.2) is 0 Å². The fourth-order valence-corrected chi connectivity index (χ4v) is 1.84. The Morgan fingerprint density at radius 3 is 3.00 bits per heavy atom. The average Bonchev–Trinajstić information content (AvgIpc) is 2.35. The van der Waals surface area contributed by atoms with Crippen LogP contribution in [0, 0.1) is 0 Å². The van der Waals surface area contributed by atoms with Crippen LogP contribution in [0.2, 0.25) is 0 Å². The maximum absolute atomic E-state index is 11.2. The molecule has 1 aliphatic heterocycles. The van der Waals surface area contributed by atoms with Gasteiger partial charge in [-0.15, -0.1) is 0 Å². The van der Waals surface area contributed by atoms with E-state index >= 15 is 0 Å². The zero-order chi connectivity index (χ0) is 13.1. The van der Waals surface area contributed by atoms with E-state index in [1.807, 2.05) is 6.07 Å². The molecule has 0 saturated carbocycles. The highest BCUT2D eigenvalue weighted by molar-refractivity contribution is 5.95. The number of aryl methyl sites for hydroxylation is 1. The Kier molecular flexibility index (Phi) is 3.36. The van der Waals surface area contributed by atoms with E-state index in [0.717, 1.165) is 11.3 Å². The maximum atomic E-state index is 11.2. The Hall–Kier alpha value is -2.24. The van der Waals surface area contributed by atoms with Gasteiger partial charge in [0.2, 0.25) is 5.91 Å². The smallest absolute Gasteiger partial charge is 0.325 e. The van der Waals surface area contributed by atoms with E-state index in [2.05, 4.69) is 15.4 Å². The number of hydrogen-bond donors (Lipinski definition) is 3. The molecule has 1 aromatic rings. The minimum atomic E-state index is -0.361. The summed E-state index contributed by atoms with van der Waals surface area (Å²) in [6.45, 7) is 0.0614. The Morgan fingerprint density at radius 1 is 1.50 bits per heavy atom. The van der Waals surface area contributed by atoms with Gasteiger partial charge in [-0.3, -0.25) is 9.59 Å². The molecule has 0 saturated heterocycles. The van der Waals surface area contributed by atoms with E-state index in [0.29, 0.717) is 24.2 Å². The number of nitrogen functional groups attached to an aromatic ring is 1. The number of benzene rings is 1. The number of carbonyl (C=O) groups is 2. The number of carbonyl (C=O) groups excluding carboxylic acids is 2. The van der Waals surface area contributed by atoms with Crippen LogP contribution in [0.5, 0.6) is 0 Å². The van der Waals surface area contributed by atoms with E-state index < -0.39 is 0 Å². The fraction of sp³-hybridized carbons (Fsp3) is 0.333. The van der Waals surface area contributed by atoms with E-state index in [9.17, 15) is 9.59 Å². The van der Waals surface area contributed by atoms with E-state index in [4.69, 9.17) is 5.73 Å². The van der Waals surface area contributed by atoms with Crippen molar-refractivity contribution >= 4 is 28.9 Å². The summed E-state index contributed by atoms with van der Waals surface area (Å²) in [4.78, 5) is 22.3. The van der Waals surface area contributed by atoms with Crippen molar-refractivity contribution in [3.8, 4) is 0 Å². The normalized spacial score (nSPS) is 13.5. The number of nitrogens with two attached hydrogens (primary N) is 1. The van der Waals surface area contributed by atoms with Gasteiger partial charge in [-0.1, -0.05) is 0 Å². The number of rotatable bonds is 3. The second-order valence-corrected chi connectivity index (χ2v) is 4.07. The third-order valence-electron chi connectivity index (χ3n) is 2.82. The second kappa shape index (κ2) is 4.95. The summed E-state index contributed by atoms with van der Waals surface area (Å²) in [6, 6.07) is 3.55. The standard InChI is InChI=1S/C12H15N3O3/c1-18-12(17)6-14-10-4-7-2-3-11(16)15-9(7)5-8(10)13/h4-5,14H,2-3,6,13H2,1H3,(H,15,16). The van der Waals surface area contributed by atoms with Crippen molar-refractivity contribution < 1.29 is 14.3 Å². The lowest BCUT2D eigenvalue weighted by Gasteiger charge is -2.19. The first kappa shape index (κ1) is 12.2. The van der Waals surface area contributed by atoms with Crippen molar-refractivity contribution in [1.82, 2.24) is 0 Å². The lowest BCUT2D eigenvalue weighted by Crippen LogP contribution is -2.20. The largest absolute Gasteiger partial charge is 0.468 e. The molecule has 4 N–H and O–H groups in total. The van der Waals surface area contributed by atoms with Crippen molar-refractivity contribution in [3.05, 3.63) is 17.7 Å². The molecule has 1 aliphatic rings. The van der Waals surface area contributed by atoms with E-state index in [1.165, 1.54) is 7.11 Å². The number of amides is 1. The highest BCUT2D eigenvalue weighted by Crippen LogP contribution is 2.30. The Morgan fingerprint density at radius 2 is 2.28 bits per heavy atom. The summed E-state index contributed by atoms with van der Waals surface area (Å²) >= 11 is 0. The van der Waals surface area contributed by atoms with Crippen molar-refractivity contribution in [3.63, 3.8) is 0 Å². The summed E-state index contributed by atoms with van der Waals surface area (Å²) in [5.41, 5.74) is 8.77. The molecule has 0 bridgehead atoms. The molecular formula is C12H15N3O3. The number of fused-ring (bicyclic) bond motifs is 1. The summed E-state index contributed by atoms with van der Waals surface area (Å²) in [7, 11) is 1.33. The summed E-state index contributed by atoms with van der Waals surface area (Å²) in [6.07, 6.45) is 1.14. The molecule has 1 amide bonds. The van der Waals surface area contributed by atoms with Crippen molar-refractivity contribution in [2.75, 3.05) is 30.0 Å². The molecule has 0 atom stereocenters. The van der Waals surface area contributed by atoms with Crippen molar-refractivity contribution in [2.45, 2.75) is 12.8 Å². The molecule has 1 aromatic carbocycles. The van der Waals surface area contributed by atoms with Gasteiger partial charge in [-0.05, 0) is 24.1 Å². The molecule has 6 heteroatoms. The molecule has 6 nitrogen and oxygen atoms in total. The number of hydrogen-bond acceptors (Lipinski definition) is 5. The van der Waals surface area contributed by atoms with Gasteiger partial charge < -0.3 is 21.1 Å². The number of methoxy groups -OCH3 is 1. The van der Waals surface area contributed by atoms with Crippen LogP contribution < -0.4 is 16.4 Å². The van der Waals surface area contributed by atoms with E-state index in [1.54, 1.807) is 6.07 Å². The first-order valence-corrected chi connectivity index (χ1v) is 5.63. The van der Waals surface area contributed by atoms with Crippen LogP contribution in [-0.4, -0.2) is 25.5 Å². The molecule has 0 radical (unpaired) electrons. The molecule has 0 spiro atoms. The van der Waals surface area contributed by atoms with Gasteiger partial charge in [0.25, 0.3) is 0 Å². The number of ether oxygens (including phenoxy) is 1. The SMILES string of the molecule is COC(=O)CNc1cc2c(cc1N)NC(=O)CC2. The molecule has 18 heavy (non-hydrogen) atoms. The average molecular weight is 249 g/mol. The van der Waals surface area contributed by atoms with E-state index in [-0.39, 0.29) is 18.4 Å². The van der Waals surface area contributed by atoms with Gasteiger partial charge in [-0.25, -0.2) is 0 Å². The van der Waals surface area contributed by atoms with Gasteiger partial charge >= 0.3 is 5.97 Å². The summed E-state index contributed by atoms with van der Waals surface area (Å²) in [5, 5.41) is 5.68. The number of anilines is 3. The predicted octanol–water partition coefficient (Wildman–Crippen LogP) is 0.738. The first-order chi connectivity index (χ1) is 8.60. The first-order valence-electron chi connectivity index (χ1n) is 5.63. The third-order valence-corrected chi connectivity index (χ3v) is 2.82. The fourth-order valence-electron chi connectivity index (χ4n) is 1.84. The lowest BCUT2D eigenvalue weighted by molar-refractivity contribution is -0.138. The van der Waals surface area contributed by atoms with Crippen LogP contribution in [0.15, 0.2) is 12.1 Å². The lowest BCUT2D eigenvalue weighted by atomic mass is 10.0. The van der Waals surface area contributed by atoms with Crippen molar-refractivity contribution in [2.24, 2.45) is 0 Å².